The number of aromatic nitrogens is 2. The molecule has 188 valence electrons. The molecule has 37 heavy (non-hydrogen) atoms. The van der Waals surface area contributed by atoms with Crippen LogP contribution in [-0.4, -0.2) is 51.7 Å². The van der Waals surface area contributed by atoms with Gasteiger partial charge in [-0.15, -0.1) is 0 Å². The van der Waals surface area contributed by atoms with Crippen LogP contribution in [0.4, 0.5) is 14.9 Å². The van der Waals surface area contributed by atoms with Crippen LogP contribution >= 0.6 is 23.4 Å². The lowest BCUT2D eigenvalue weighted by atomic mass is 10.2. The van der Waals surface area contributed by atoms with E-state index in [-0.39, 0.29) is 21.8 Å². The Morgan fingerprint density at radius 3 is 2.84 bits per heavy atom. The van der Waals surface area contributed by atoms with Crippen LogP contribution < -0.4 is 19.5 Å². The summed E-state index contributed by atoms with van der Waals surface area (Å²) in [6.07, 6.45) is 2.36. The van der Waals surface area contributed by atoms with Crippen LogP contribution in [0, 0.1) is 5.82 Å². The number of imide groups is 1. The molecule has 3 heterocycles. The highest BCUT2D eigenvalue weighted by Gasteiger charge is 2.36. The number of ether oxygens (including phenoxy) is 3. The van der Waals surface area contributed by atoms with Crippen molar-refractivity contribution < 1.29 is 33.0 Å². The topological polar surface area (TPSA) is 120 Å². The van der Waals surface area contributed by atoms with E-state index < -0.39 is 29.4 Å². The molecule has 3 aromatic rings. The number of carbonyl (C=O) groups excluding carboxylic acids is 3. The lowest BCUT2D eigenvalue weighted by Crippen LogP contribution is -2.36. The van der Waals surface area contributed by atoms with E-state index in [0.29, 0.717) is 47.7 Å². The predicted octanol–water partition coefficient (Wildman–Crippen LogP) is 4.51. The second kappa shape index (κ2) is 10.4. The number of halogens is 2. The van der Waals surface area contributed by atoms with Crippen molar-refractivity contribution in [3.8, 4) is 23.1 Å². The Labute approximate surface area is 218 Å². The molecule has 0 aliphatic carbocycles. The molecule has 13 heteroatoms. The van der Waals surface area contributed by atoms with Gasteiger partial charge in [0.25, 0.3) is 17.0 Å². The molecule has 0 radical (unpaired) electrons. The molecule has 2 aliphatic heterocycles. The molecule has 2 aliphatic rings. The van der Waals surface area contributed by atoms with Gasteiger partial charge in [-0.3, -0.25) is 19.3 Å². The Bertz CT molecular complexity index is 1450. The third kappa shape index (κ3) is 5.65. The van der Waals surface area contributed by atoms with Gasteiger partial charge in [0.05, 0.1) is 11.1 Å². The number of rotatable bonds is 6. The van der Waals surface area contributed by atoms with E-state index >= 15 is 0 Å². The summed E-state index contributed by atoms with van der Waals surface area (Å²) < 4.78 is 30.2. The number of nitrogens with zero attached hydrogens (tertiary/aromatic N) is 3. The predicted molar refractivity (Wildman–Crippen MR) is 132 cm³/mol. The zero-order chi connectivity index (χ0) is 25.9. The largest absolute Gasteiger partial charge is 0.486 e. The number of benzene rings is 2. The van der Waals surface area contributed by atoms with Gasteiger partial charge in [0, 0.05) is 11.8 Å². The lowest BCUT2D eigenvalue weighted by Gasteiger charge is -2.19. The number of thioether (sulfide) groups is 1. The number of hydrogen-bond donors (Lipinski definition) is 1. The van der Waals surface area contributed by atoms with E-state index in [0.717, 1.165) is 11.1 Å². The molecule has 0 spiro atoms. The molecule has 1 N–H and O–H groups in total. The molecule has 1 aromatic heterocycles. The van der Waals surface area contributed by atoms with Gasteiger partial charge in [0.1, 0.15) is 25.5 Å². The molecule has 3 amide bonds. The van der Waals surface area contributed by atoms with Crippen molar-refractivity contribution in [2.24, 2.45) is 0 Å². The van der Waals surface area contributed by atoms with Crippen molar-refractivity contribution in [1.82, 2.24) is 14.9 Å². The normalized spacial score (nSPS) is 15.7. The van der Waals surface area contributed by atoms with Crippen molar-refractivity contribution in [1.29, 1.82) is 0 Å². The molecular weight excluding hydrogens is 527 g/mol. The molecular formula is C24H16ClFN4O6S. The third-order valence-electron chi connectivity index (χ3n) is 5.05. The number of anilines is 1. The van der Waals surface area contributed by atoms with E-state index in [2.05, 4.69) is 15.3 Å². The van der Waals surface area contributed by atoms with Crippen molar-refractivity contribution in [2.45, 2.75) is 0 Å². The molecule has 0 saturated carbocycles. The number of amides is 3. The van der Waals surface area contributed by atoms with Gasteiger partial charge in [-0.05, 0) is 59.3 Å². The Balaban J connectivity index is 1.25. The first-order valence-corrected chi connectivity index (χ1v) is 12.0. The summed E-state index contributed by atoms with van der Waals surface area (Å²) >= 11 is 6.39. The minimum atomic E-state index is -0.801. The van der Waals surface area contributed by atoms with Crippen LogP contribution in [0.15, 0.2) is 53.6 Å². The molecule has 0 bridgehead atoms. The average molecular weight is 543 g/mol. The van der Waals surface area contributed by atoms with Gasteiger partial charge in [0.15, 0.2) is 11.5 Å². The van der Waals surface area contributed by atoms with Gasteiger partial charge in [-0.25, -0.2) is 4.98 Å². The zero-order valence-corrected chi connectivity index (χ0v) is 20.3. The SMILES string of the molecule is O=C(CN1C(=O)S/C(=C/c2cccc(Oc3nc(Cl)ncc3F)c2)C1=O)Nc1ccc2c(c1)OCCO2. The maximum absolute atomic E-state index is 13.9. The first-order valence-electron chi connectivity index (χ1n) is 10.8. The van der Waals surface area contributed by atoms with Crippen molar-refractivity contribution >= 4 is 52.2 Å². The van der Waals surface area contributed by atoms with Gasteiger partial charge < -0.3 is 19.5 Å². The van der Waals surface area contributed by atoms with E-state index in [9.17, 15) is 18.8 Å². The highest BCUT2D eigenvalue weighted by molar-refractivity contribution is 8.18. The van der Waals surface area contributed by atoms with Gasteiger partial charge in [0.2, 0.25) is 17.0 Å². The molecule has 1 fully saturated rings. The third-order valence-corrected chi connectivity index (χ3v) is 6.14. The Morgan fingerprint density at radius 2 is 2.00 bits per heavy atom. The Kier molecular flexibility index (Phi) is 6.93. The molecule has 0 atom stereocenters. The average Bonchev–Trinajstić information content (AvgIpc) is 3.13. The maximum Gasteiger partial charge on any atom is 0.294 e. The summed E-state index contributed by atoms with van der Waals surface area (Å²) in [5.41, 5.74) is 0.944. The van der Waals surface area contributed by atoms with Crippen molar-refractivity contribution in [2.75, 3.05) is 25.1 Å². The molecule has 0 unspecified atom stereocenters. The van der Waals surface area contributed by atoms with Crippen molar-refractivity contribution in [3.05, 3.63) is 70.2 Å². The Hall–Kier alpha value is -4.16. The van der Waals surface area contributed by atoms with Crippen molar-refractivity contribution in [3.63, 3.8) is 0 Å². The highest BCUT2D eigenvalue weighted by atomic mass is 35.5. The van der Waals surface area contributed by atoms with E-state index in [1.165, 1.54) is 12.1 Å². The fraction of sp³-hybridized carbons (Fsp3) is 0.125. The molecule has 1 saturated heterocycles. The van der Waals surface area contributed by atoms with Crippen LogP contribution in [0.5, 0.6) is 23.1 Å². The standard InChI is InChI=1S/C24H16ClFN4O6S/c25-23-27-11-16(26)21(29-23)36-15-3-1-2-13(8-15)9-19-22(32)30(24(33)37-19)12-20(31)28-14-4-5-17-18(10-14)35-7-6-34-17/h1-5,8-11H,6-7,12H2,(H,28,31)/b19-9+. The van der Waals surface area contributed by atoms with Gasteiger partial charge in [-0.1, -0.05) is 12.1 Å². The highest BCUT2D eigenvalue weighted by Crippen LogP contribution is 2.34. The van der Waals surface area contributed by atoms with Gasteiger partial charge in [-0.2, -0.15) is 9.37 Å². The molecule has 2 aromatic carbocycles. The first kappa shape index (κ1) is 24.5. The van der Waals surface area contributed by atoms with Crippen LogP contribution in [0.2, 0.25) is 5.28 Å². The number of carbonyl (C=O) groups is 3. The van der Waals surface area contributed by atoms with Crippen LogP contribution in [-0.2, 0) is 9.59 Å². The summed E-state index contributed by atoms with van der Waals surface area (Å²) in [5, 5.41) is 1.88. The van der Waals surface area contributed by atoms with Crippen LogP contribution in [0.25, 0.3) is 6.08 Å². The van der Waals surface area contributed by atoms with Crippen LogP contribution in [0.1, 0.15) is 5.56 Å². The first-order chi connectivity index (χ1) is 17.9. The summed E-state index contributed by atoms with van der Waals surface area (Å²) in [7, 11) is 0. The Morgan fingerprint density at radius 1 is 1.19 bits per heavy atom. The fourth-order valence-electron chi connectivity index (χ4n) is 3.44. The lowest BCUT2D eigenvalue weighted by molar-refractivity contribution is -0.127. The summed E-state index contributed by atoms with van der Waals surface area (Å²) in [5.74, 6) is -1.04. The molecule has 5 rings (SSSR count). The monoisotopic (exact) mass is 542 g/mol. The number of nitrogens with one attached hydrogen (secondary N) is 1. The fourth-order valence-corrected chi connectivity index (χ4v) is 4.40. The quantitative estimate of drug-likeness (QED) is 0.354. The van der Waals surface area contributed by atoms with E-state index in [1.807, 2.05) is 0 Å². The second-order valence-corrected chi connectivity index (χ2v) is 8.97. The minimum absolute atomic E-state index is 0.116. The zero-order valence-electron chi connectivity index (χ0n) is 18.8. The maximum atomic E-state index is 13.9. The smallest absolute Gasteiger partial charge is 0.294 e. The summed E-state index contributed by atoms with van der Waals surface area (Å²) in [6, 6.07) is 11.3. The minimum Gasteiger partial charge on any atom is -0.486 e. The van der Waals surface area contributed by atoms with Gasteiger partial charge >= 0.3 is 0 Å². The molecule has 10 nitrogen and oxygen atoms in total. The van der Waals surface area contributed by atoms with Crippen LogP contribution in [0.3, 0.4) is 0 Å². The number of hydrogen-bond acceptors (Lipinski definition) is 9. The second-order valence-electron chi connectivity index (χ2n) is 7.64. The van der Waals surface area contributed by atoms with E-state index in [1.54, 1.807) is 36.4 Å². The van der Waals surface area contributed by atoms with E-state index in [4.69, 9.17) is 25.8 Å². The summed E-state index contributed by atoms with van der Waals surface area (Å²) in [4.78, 5) is 46.0. The summed E-state index contributed by atoms with van der Waals surface area (Å²) in [6.45, 7) is 0.375. The number of fused-ring (bicyclic) bond motifs is 1.